The standard InChI is InChI=1S/C9H7N3O3/c10-4-6-3-8(12(13)14)9(5-11-6)15-7-1-2-7/h3,5,7H,1-2H2. The minimum absolute atomic E-state index is 0.0184. The molecule has 0 aliphatic heterocycles. The molecule has 76 valence electrons. The molecular formula is C9H7N3O3. The van der Waals surface area contributed by atoms with E-state index in [2.05, 4.69) is 4.98 Å². The highest BCUT2D eigenvalue weighted by Gasteiger charge is 2.27. The van der Waals surface area contributed by atoms with Crippen LogP contribution in [0, 0.1) is 21.4 Å². The van der Waals surface area contributed by atoms with Crippen LogP contribution in [-0.2, 0) is 0 Å². The Morgan fingerprint density at radius 2 is 2.40 bits per heavy atom. The van der Waals surface area contributed by atoms with E-state index >= 15 is 0 Å². The zero-order valence-electron chi connectivity index (χ0n) is 7.71. The van der Waals surface area contributed by atoms with Crippen molar-refractivity contribution < 1.29 is 9.66 Å². The number of pyridine rings is 1. The van der Waals surface area contributed by atoms with Gasteiger partial charge in [0, 0.05) is 0 Å². The second-order valence-electron chi connectivity index (χ2n) is 3.22. The molecular weight excluding hydrogens is 198 g/mol. The third-order valence-electron chi connectivity index (χ3n) is 1.98. The van der Waals surface area contributed by atoms with Crippen LogP contribution < -0.4 is 4.74 Å². The van der Waals surface area contributed by atoms with Gasteiger partial charge in [0.2, 0.25) is 5.75 Å². The molecule has 0 saturated heterocycles. The molecule has 0 radical (unpaired) electrons. The van der Waals surface area contributed by atoms with Crippen molar-refractivity contribution in [2.45, 2.75) is 18.9 Å². The van der Waals surface area contributed by atoms with Gasteiger partial charge in [0.25, 0.3) is 0 Å². The molecule has 6 nitrogen and oxygen atoms in total. The van der Waals surface area contributed by atoms with E-state index in [-0.39, 0.29) is 23.2 Å². The molecule has 1 aliphatic rings. The van der Waals surface area contributed by atoms with Crippen LogP contribution in [0.2, 0.25) is 0 Å². The number of rotatable bonds is 3. The molecule has 1 aromatic rings. The second kappa shape index (κ2) is 3.53. The summed E-state index contributed by atoms with van der Waals surface area (Å²) in [4.78, 5) is 13.8. The van der Waals surface area contributed by atoms with E-state index in [1.807, 2.05) is 0 Å². The Morgan fingerprint density at radius 1 is 1.67 bits per heavy atom. The van der Waals surface area contributed by atoms with Crippen molar-refractivity contribution in [3.05, 3.63) is 28.1 Å². The summed E-state index contributed by atoms with van der Waals surface area (Å²) in [6.45, 7) is 0. The third kappa shape index (κ3) is 2.02. The summed E-state index contributed by atoms with van der Waals surface area (Å²) in [5, 5.41) is 19.2. The molecule has 0 amide bonds. The van der Waals surface area contributed by atoms with Crippen LogP contribution in [0.3, 0.4) is 0 Å². The van der Waals surface area contributed by atoms with E-state index in [4.69, 9.17) is 10.00 Å². The summed E-state index contributed by atoms with van der Waals surface area (Å²) < 4.78 is 5.30. The summed E-state index contributed by atoms with van der Waals surface area (Å²) in [5.41, 5.74) is -0.182. The van der Waals surface area contributed by atoms with Gasteiger partial charge in [0.1, 0.15) is 11.8 Å². The number of ether oxygens (including phenoxy) is 1. The van der Waals surface area contributed by atoms with Gasteiger partial charge in [-0.05, 0) is 12.8 Å². The molecule has 1 fully saturated rings. The number of aromatic nitrogens is 1. The Morgan fingerprint density at radius 3 is 2.93 bits per heavy atom. The highest BCUT2D eigenvalue weighted by molar-refractivity contribution is 5.48. The highest BCUT2D eigenvalue weighted by Crippen LogP contribution is 2.32. The second-order valence-corrected chi connectivity index (χ2v) is 3.22. The van der Waals surface area contributed by atoms with Gasteiger partial charge in [-0.25, -0.2) is 4.98 Å². The molecule has 2 rings (SSSR count). The topological polar surface area (TPSA) is 89.0 Å². The maximum absolute atomic E-state index is 10.7. The molecule has 0 unspecified atom stereocenters. The van der Waals surface area contributed by atoms with E-state index < -0.39 is 4.92 Å². The molecule has 6 heteroatoms. The van der Waals surface area contributed by atoms with E-state index in [1.165, 1.54) is 6.20 Å². The molecule has 0 aromatic carbocycles. The van der Waals surface area contributed by atoms with Gasteiger partial charge in [-0.1, -0.05) is 0 Å². The number of nitrogens with zero attached hydrogens (tertiary/aromatic N) is 3. The predicted octanol–water partition coefficient (Wildman–Crippen LogP) is 1.40. The first kappa shape index (κ1) is 9.40. The molecule has 0 N–H and O–H groups in total. The van der Waals surface area contributed by atoms with Crippen molar-refractivity contribution in [3.8, 4) is 11.8 Å². The highest BCUT2D eigenvalue weighted by atomic mass is 16.6. The van der Waals surface area contributed by atoms with Gasteiger partial charge in [-0.15, -0.1) is 0 Å². The lowest BCUT2D eigenvalue weighted by Gasteiger charge is -2.03. The van der Waals surface area contributed by atoms with Crippen molar-refractivity contribution in [3.63, 3.8) is 0 Å². The van der Waals surface area contributed by atoms with Gasteiger partial charge in [-0.2, -0.15) is 5.26 Å². The molecule has 0 atom stereocenters. The lowest BCUT2D eigenvalue weighted by molar-refractivity contribution is -0.386. The number of nitriles is 1. The zero-order chi connectivity index (χ0) is 10.8. The van der Waals surface area contributed by atoms with Gasteiger partial charge in [0.05, 0.1) is 23.3 Å². The molecule has 15 heavy (non-hydrogen) atoms. The Kier molecular flexibility index (Phi) is 2.21. The van der Waals surface area contributed by atoms with Crippen LogP contribution in [0.4, 0.5) is 5.69 Å². The summed E-state index contributed by atoms with van der Waals surface area (Å²) in [5.74, 6) is 0.140. The summed E-state index contributed by atoms with van der Waals surface area (Å²) in [6.07, 6.45) is 3.13. The van der Waals surface area contributed by atoms with Gasteiger partial charge < -0.3 is 4.74 Å². The molecule has 1 saturated carbocycles. The summed E-state index contributed by atoms with van der Waals surface area (Å²) in [7, 11) is 0. The van der Waals surface area contributed by atoms with Crippen molar-refractivity contribution in [1.29, 1.82) is 5.26 Å². The average Bonchev–Trinajstić information content (AvgIpc) is 3.02. The molecule has 0 bridgehead atoms. The summed E-state index contributed by atoms with van der Waals surface area (Å²) >= 11 is 0. The van der Waals surface area contributed by atoms with E-state index in [0.29, 0.717) is 0 Å². The van der Waals surface area contributed by atoms with Crippen LogP contribution in [0.25, 0.3) is 0 Å². The van der Waals surface area contributed by atoms with Crippen molar-refractivity contribution >= 4 is 5.69 Å². The average molecular weight is 205 g/mol. The van der Waals surface area contributed by atoms with Crippen LogP contribution in [0.5, 0.6) is 5.75 Å². The molecule has 0 spiro atoms. The summed E-state index contributed by atoms with van der Waals surface area (Å²) in [6, 6.07) is 2.87. The van der Waals surface area contributed by atoms with E-state index in [9.17, 15) is 10.1 Å². The predicted molar refractivity (Wildman–Crippen MR) is 49.3 cm³/mol. The lowest BCUT2D eigenvalue weighted by atomic mass is 10.3. The first-order valence-electron chi connectivity index (χ1n) is 4.42. The molecule has 1 aliphatic carbocycles. The quantitative estimate of drug-likeness (QED) is 0.549. The van der Waals surface area contributed by atoms with Crippen LogP contribution in [0.15, 0.2) is 12.3 Å². The number of nitro groups is 1. The van der Waals surface area contributed by atoms with E-state index in [1.54, 1.807) is 6.07 Å². The van der Waals surface area contributed by atoms with Crippen LogP contribution in [0.1, 0.15) is 18.5 Å². The van der Waals surface area contributed by atoms with Gasteiger partial charge >= 0.3 is 5.69 Å². The van der Waals surface area contributed by atoms with Crippen LogP contribution in [-0.4, -0.2) is 16.0 Å². The monoisotopic (exact) mass is 205 g/mol. The molecule has 1 aromatic heterocycles. The number of hydrogen-bond acceptors (Lipinski definition) is 5. The normalized spacial score (nSPS) is 14.3. The van der Waals surface area contributed by atoms with Crippen molar-refractivity contribution in [2.24, 2.45) is 0 Å². The fraction of sp³-hybridized carbons (Fsp3) is 0.333. The molecule has 1 heterocycles. The van der Waals surface area contributed by atoms with Gasteiger partial charge in [-0.3, -0.25) is 10.1 Å². The van der Waals surface area contributed by atoms with Crippen molar-refractivity contribution in [1.82, 2.24) is 4.98 Å². The Hall–Kier alpha value is -2.16. The Bertz CT molecular complexity index is 448. The van der Waals surface area contributed by atoms with Crippen molar-refractivity contribution in [2.75, 3.05) is 0 Å². The largest absolute Gasteiger partial charge is 0.482 e. The minimum Gasteiger partial charge on any atom is -0.482 e. The fourth-order valence-corrected chi connectivity index (χ4v) is 1.09. The fourth-order valence-electron chi connectivity index (χ4n) is 1.09. The maximum Gasteiger partial charge on any atom is 0.315 e. The first-order valence-corrected chi connectivity index (χ1v) is 4.42. The van der Waals surface area contributed by atoms with Gasteiger partial charge in [0.15, 0.2) is 0 Å². The van der Waals surface area contributed by atoms with E-state index in [0.717, 1.165) is 18.9 Å². The SMILES string of the molecule is N#Cc1cc([N+](=O)[O-])c(OC2CC2)cn1. The number of hydrogen-bond donors (Lipinski definition) is 0. The maximum atomic E-state index is 10.7. The minimum atomic E-state index is -0.569. The Balaban J connectivity index is 2.35. The lowest BCUT2D eigenvalue weighted by Crippen LogP contribution is -2.01. The van der Waals surface area contributed by atoms with Crippen LogP contribution >= 0.6 is 0 Å². The smallest absolute Gasteiger partial charge is 0.315 e. The zero-order valence-corrected chi connectivity index (χ0v) is 7.71. The first-order chi connectivity index (χ1) is 7.20. The third-order valence-corrected chi connectivity index (χ3v) is 1.98. The Labute approximate surface area is 85.3 Å².